The lowest BCUT2D eigenvalue weighted by Crippen LogP contribution is -2.39. The Hall–Kier alpha value is -4.24. The molecule has 4 aromatic rings. The highest BCUT2D eigenvalue weighted by Gasteiger charge is 2.23. The molecule has 1 amide bonds. The van der Waals surface area contributed by atoms with Gasteiger partial charge in [0.1, 0.15) is 6.61 Å². The highest BCUT2D eigenvalue weighted by atomic mass is 32.2. The predicted octanol–water partition coefficient (Wildman–Crippen LogP) is 4.68. The molecule has 1 aromatic heterocycles. The van der Waals surface area contributed by atoms with Crippen molar-refractivity contribution in [3.8, 4) is 17.1 Å². The van der Waals surface area contributed by atoms with Gasteiger partial charge in [-0.2, -0.15) is 4.98 Å². The third kappa shape index (κ3) is 5.68. The average molecular weight is 529 g/mol. The van der Waals surface area contributed by atoms with E-state index in [0.717, 1.165) is 28.7 Å². The first-order valence-corrected chi connectivity index (χ1v) is 13.8. The highest BCUT2D eigenvalue weighted by molar-refractivity contribution is 7.92. The molecule has 4 bridgehead atoms. The second-order valence-electron chi connectivity index (χ2n) is 9.32. The van der Waals surface area contributed by atoms with Gasteiger partial charge in [-0.05, 0) is 61.6 Å². The molecule has 0 saturated heterocycles. The second-order valence-corrected chi connectivity index (χ2v) is 11.0. The van der Waals surface area contributed by atoms with E-state index in [1.807, 2.05) is 62.4 Å². The number of ether oxygens (including phenoxy) is 1. The maximum absolute atomic E-state index is 13.2. The third-order valence-electron chi connectivity index (χ3n) is 6.46. The number of aromatic nitrogens is 2. The Bertz CT molecular complexity index is 1570. The fourth-order valence-corrected chi connectivity index (χ4v) is 5.50. The van der Waals surface area contributed by atoms with E-state index in [0.29, 0.717) is 12.1 Å². The summed E-state index contributed by atoms with van der Waals surface area (Å²) in [4.78, 5) is 21.9. The van der Waals surface area contributed by atoms with Gasteiger partial charge in [-0.15, -0.1) is 0 Å². The van der Waals surface area contributed by atoms with Crippen LogP contribution in [0.4, 0.5) is 5.95 Å². The molecule has 8 nitrogen and oxygen atoms in total. The summed E-state index contributed by atoms with van der Waals surface area (Å²) < 4.78 is 35.0. The van der Waals surface area contributed by atoms with E-state index in [-0.39, 0.29) is 40.8 Å². The second kappa shape index (κ2) is 10.6. The first-order valence-electron chi connectivity index (χ1n) is 12.3. The minimum atomic E-state index is -4.07. The molecule has 194 valence electrons. The van der Waals surface area contributed by atoms with Gasteiger partial charge in [-0.3, -0.25) is 4.79 Å². The number of benzene rings is 3. The number of hydrogen-bond donors (Lipinski definition) is 2. The van der Waals surface area contributed by atoms with E-state index in [1.165, 1.54) is 18.2 Å². The Kier molecular flexibility index (Phi) is 7.11. The molecule has 1 aliphatic heterocycles. The Morgan fingerprint density at radius 3 is 2.42 bits per heavy atom. The molecule has 5 rings (SSSR count). The monoisotopic (exact) mass is 528 g/mol. The van der Waals surface area contributed by atoms with Gasteiger partial charge in [-0.25, -0.2) is 18.1 Å². The Labute approximate surface area is 222 Å². The van der Waals surface area contributed by atoms with Crippen LogP contribution in [0.3, 0.4) is 0 Å². The van der Waals surface area contributed by atoms with Gasteiger partial charge in [0.05, 0.1) is 16.6 Å². The van der Waals surface area contributed by atoms with Crippen LogP contribution in [0, 0.1) is 13.8 Å². The molecule has 0 unspecified atom stereocenters. The van der Waals surface area contributed by atoms with Crippen molar-refractivity contribution in [1.29, 1.82) is 0 Å². The van der Waals surface area contributed by atoms with E-state index >= 15 is 0 Å². The number of nitrogens with zero attached hydrogens (tertiary/aromatic N) is 2. The van der Waals surface area contributed by atoms with Crippen LogP contribution >= 0.6 is 0 Å². The molecule has 1 atom stereocenters. The molecular weight excluding hydrogens is 500 g/mol. The summed E-state index contributed by atoms with van der Waals surface area (Å²) in [5.74, 6) is -0.276. The lowest BCUT2D eigenvalue weighted by molar-refractivity contribution is 0.0917. The Morgan fingerprint density at radius 2 is 1.66 bits per heavy atom. The Balaban J connectivity index is 1.56. The van der Waals surface area contributed by atoms with E-state index in [1.54, 1.807) is 12.1 Å². The molecule has 38 heavy (non-hydrogen) atoms. The minimum absolute atomic E-state index is 0.0613. The number of carbonyl (C=O) groups is 1. The average Bonchev–Trinajstić information content (AvgIpc) is 2.90. The summed E-state index contributed by atoms with van der Waals surface area (Å²) in [6.45, 7) is 4.09. The number of sulfonamides is 1. The topological polar surface area (TPSA) is 110 Å². The van der Waals surface area contributed by atoms with Crippen LogP contribution < -0.4 is 14.8 Å². The van der Waals surface area contributed by atoms with Gasteiger partial charge in [0.15, 0.2) is 0 Å². The van der Waals surface area contributed by atoms with Crippen LogP contribution in [0.25, 0.3) is 11.3 Å². The number of anilines is 1. The molecule has 2 heterocycles. The number of aryl methyl sites for hydroxylation is 3. The molecular formula is C29H28N4O4S. The SMILES string of the molecule is Cc1cccc(C)c1-c1cc2nc(n1)NS(=O)(=O)c1cccc(c1)C(=O)N[C@H](CCc1ccccc1)CO2. The third-order valence-corrected chi connectivity index (χ3v) is 7.79. The number of amides is 1. The first kappa shape index (κ1) is 25.4. The molecule has 0 radical (unpaired) electrons. The van der Waals surface area contributed by atoms with Gasteiger partial charge < -0.3 is 10.1 Å². The van der Waals surface area contributed by atoms with Crippen LogP contribution in [-0.2, 0) is 16.4 Å². The first-order chi connectivity index (χ1) is 18.3. The van der Waals surface area contributed by atoms with Crippen molar-refractivity contribution in [1.82, 2.24) is 15.3 Å². The molecule has 9 heteroatoms. The minimum Gasteiger partial charge on any atom is -0.475 e. The molecule has 2 N–H and O–H groups in total. The van der Waals surface area contributed by atoms with Gasteiger partial charge in [0.2, 0.25) is 11.8 Å². The van der Waals surface area contributed by atoms with Crippen molar-refractivity contribution in [3.63, 3.8) is 0 Å². The number of nitrogens with one attached hydrogen (secondary N) is 2. The summed E-state index contributed by atoms with van der Waals surface area (Å²) >= 11 is 0. The van der Waals surface area contributed by atoms with E-state index < -0.39 is 10.0 Å². The highest BCUT2D eigenvalue weighted by Crippen LogP contribution is 2.29. The lowest BCUT2D eigenvalue weighted by Gasteiger charge is -2.20. The maximum atomic E-state index is 13.2. The van der Waals surface area contributed by atoms with E-state index in [9.17, 15) is 13.2 Å². The summed E-state index contributed by atoms with van der Waals surface area (Å²) in [6, 6.07) is 23.1. The molecule has 0 fully saturated rings. The van der Waals surface area contributed by atoms with Crippen molar-refractivity contribution in [2.24, 2.45) is 0 Å². The molecule has 0 saturated carbocycles. The molecule has 3 aromatic carbocycles. The van der Waals surface area contributed by atoms with Crippen molar-refractivity contribution in [2.75, 3.05) is 11.3 Å². The standard InChI is InChI=1S/C29H28N4O4S/c1-19-8-6-9-20(2)27(19)25-17-26-32-29(31-25)33-38(35,36)24-13-7-12-22(16-24)28(34)30-23(18-37-26)15-14-21-10-4-3-5-11-21/h3-13,16-17,23H,14-15,18H2,1-2H3,(H,30,34)(H,31,32,33)/t23-/m1/s1. The van der Waals surface area contributed by atoms with Gasteiger partial charge in [-0.1, -0.05) is 54.6 Å². The largest absolute Gasteiger partial charge is 0.475 e. The zero-order valence-corrected chi connectivity index (χ0v) is 22.0. The van der Waals surface area contributed by atoms with Gasteiger partial charge >= 0.3 is 0 Å². The molecule has 0 spiro atoms. The van der Waals surface area contributed by atoms with Gasteiger partial charge in [0, 0.05) is 17.2 Å². The van der Waals surface area contributed by atoms with E-state index in [2.05, 4.69) is 20.0 Å². The van der Waals surface area contributed by atoms with Gasteiger partial charge in [0.25, 0.3) is 15.9 Å². The van der Waals surface area contributed by atoms with Crippen LogP contribution in [0.15, 0.2) is 83.8 Å². The lowest BCUT2D eigenvalue weighted by atomic mass is 10.00. The zero-order chi connectivity index (χ0) is 26.7. The van der Waals surface area contributed by atoms with Crippen LogP contribution in [0.5, 0.6) is 5.88 Å². The quantitative estimate of drug-likeness (QED) is 0.398. The Morgan fingerprint density at radius 1 is 0.921 bits per heavy atom. The van der Waals surface area contributed by atoms with Crippen molar-refractivity contribution >= 4 is 21.9 Å². The van der Waals surface area contributed by atoms with Crippen LogP contribution in [0.1, 0.15) is 33.5 Å². The fourth-order valence-electron chi connectivity index (χ4n) is 4.51. The summed E-state index contributed by atoms with van der Waals surface area (Å²) in [7, 11) is -4.07. The van der Waals surface area contributed by atoms with Crippen molar-refractivity contribution in [3.05, 3.63) is 101 Å². The number of hydrogen-bond acceptors (Lipinski definition) is 6. The fraction of sp³-hybridized carbons (Fsp3) is 0.207. The molecule has 1 aliphatic rings. The van der Waals surface area contributed by atoms with Crippen molar-refractivity contribution < 1.29 is 17.9 Å². The molecule has 0 aliphatic carbocycles. The maximum Gasteiger partial charge on any atom is 0.264 e. The number of fused-ring (bicyclic) bond motifs is 4. The smallest absolute Gasteiger partial charge is 0.264 e. The van der Waals surface area contributed by atoms with Crippen LogP contribution in [-0.4, -0.2) is 36.9 Å². The normalized spacial score (nSPS) is 16.6. The summed E-state index contributed by atoms with van der Waals surface area (Å²) in [5, 5.41) is 3.01. The predicted molar refractivity (Wildman–Crippen MR) is 146 cm³/mol. The number of carbonyl (C=O) groups excluding carboxylic acids is 1. The van der Waals surface area contributed by atoms with E-state index in [4.69, 9.17) is 4.74 Å². The summed E-state index contributed by atoms with van der Waals surface area (Å²) in [5.41, 5.74) is 4.77. The van der Waals surface area contributed by atoms with Crippen molar-refractivity contribution in [2.45, 2.75) is 37.6 Å². The van der Waals surface area contributed by atoms with Crippen LogP contribution in [0.2, 0.25) is 0 Å². The summed E-state index contributed by atoms with van der Waals surface area (Å²) in [6.07, 6.45) is 1.35. The zero-order valence-electron chi connectivity index (χ0n) is 21.1. The number of rotatable bonds is 4.